The average Bonchev–Trinajstić information content (AvgIpc) is 2.72. The Morgan fingerprint density at radius 3 is 2.41 bits per heavy atom. The summed E-state index contributed by atoms with van der Waals surface area (Å²) in [6.45, 7) is 8.20. The molecule has 6 heteroatoms. The van der Waals surface area contributed by atoms with Gasteiger partial charge in [-0.3, -0.25) is 0 Å². The van der Waals surface area contributed by atoms with Gasteiger partial charge in [0.15, 0.2) is 0 Å². The zero-order chi connectivity index (χ0) is 20.4. The van der Waals surface area contributed by atoms with Gasteiger partial charge in [-0.25, -0.2) is 14.8 Å². The van der Waals surface area contributed by atoms with E-state index >= 15 is 0 Å². The third-order valence-corrected chi connectivity index (χ3v) is 4.90. The maximum absolute atomic E-state index is 12.3. The molecule has 0 spiro atoms. The summed E-state index contributed by atoms with van der Waals surface area (Å²) in [5.74, 6) is 0.694. The minimum absolute atomic E-state index is 0.261. The van der Waals surface area contributed by atoms with Gasteiger partial charge in [0.1, 0.15) is 5.60 Å². The topological polar surface area (TPSA) is 58.6 Å². The van der Waals surface area contributed by atoms with E-state index < -0.39 is 5.60 Å². The molecule has 0 radical (unpaired) electrons. The van der Waals surface area contributed by atoms with Gasteiger partial charge in [-0.2, -0.15) is 0 Å². The molecule has 0 saturated carbocycles. The summed E-state index contributed by atoms with van der Waals surface area (Å²) in [5, 5.41) is 2.40. The first-order chi connectivity index (χ1) is 13.9. The Kier molecular flexibility index (Phi) is 5.09. The van der Waals surface area contributed by atoms with Crippen LogP contribution >= 0.6 is 0 Å². The van der Waals surface area contributed by atoms with Crippen LogP contribution in [0.2, 0.25) is 0 Å². The van der Waals surface area contributed by atoms with Crippen LogP contribution in [-0.2, 0) is 4.74 Å². The van der Waals surface area contributed by atoms with Crippen molar-refractivity contribution in [1.82, 2.24) is 14.9 Å². The molecule has 4 rings (SSSR count). The zero-order valence-corrected chi connectivity index (χ0v) is 17.1. The van der Waals surface area contributed by atoms with Gasteiger partial charge in [-0.05, 0) is 43.7 Å². The van der Waals surface area contributed by atoms with E-state index in [0.717, 1.165) is 11.3 Å². The first kappa shape index (κ1) is 19.2. The molecule has 2 aromatic carbocycles. The van der Waals surface area contributed by atoms with E-state index in [1.54, 1.807) is 11.1 Å². The molecule has 0 aliphatic carbocycles. The summed E-state index contributed by atoms with van der Waals surface area (Å²) in [6.07, 6.45) is 1.54. The number of piperazine rings is 1. The lowest BCUT2D eigenvalue weighted by atomic mass is 10.1. The SMILES string of the molecule is CC(C)(C)OC(=O)N1CCN(c2nccc(-c3ccc4ccccc4c3)n2)CC1. The monoisotopic (exact) mass is 390 g/mol. The van der Waals surface area contributed by atoms with Crippen molar-refractivity contribution in [2.45, 2.75) is 26.4 Å². The fourth-order valence-electron chi connectivity index (χ4n) is 3.43. The Labute approximate surface area is 171 Å². The summed E-state index contributed by atoms with van der Waals surface area (Å²) in [5.41, 5.74) is 1.49. The lowest BCUT2D eigenvalue weighted by molar-refractivity contribution is 0.0240. The molecule has 150 valence electrons. The van der Waals surface area contributed by atoms with E-state index in [2.05, 4.69) is 40.2 Å². The largest absolute Gasteiger partial charge is 0.444 e. The number of ether oxygens (including phenoxy) is 1. The van der Waals surface area contributed by atoms with Crippen molar-refractivity contribution in [3.8, 4) is 11.3 Å². The van der Waals surface area contributed by atoms with E-state index in [9.17, 15) is 4.79 Å². The van der Waals surface area contributed by atoms with Crippen LogP contribution in [0.25, 0.3) is 22.0 Å². The molecule has 1 aliphatic rings. The van der Waals surface area contributed by atoms with Crippen molar-refractivity contribution in [1.29, 1.82) is 0 Å². The van der Waals surface area contributed by atoms with Crippen LogP contribution in [0, 0.1) is 0 Å². The Bertz CT molecular complexity index is 1020. The second-order valence-electron chi connectivity index (χ2n) is 8.26. The molecule has 1 amide bonds. The predicted molar refractivity (Wildman–Crippen MR) is 115 cm³/mol. The van der Waals surface area contributed by atoms with Gasteiger partial charge in [0.2, 0.25) is 5.95 Å². The molecular weight excluding hydrogens is 364 g/mol. The van der Waals surface area contributed by atoms with E-state index in [1.165, 1.54) is 10.8 Å². The fraction of sp³-hybridized carbons (Fsp3) is 0.348. The first-order valence-corrected chi connectivity index (χ1v) is 9.94. The molecule has 0 atom stereocenters. The van der Waals surface area contributed by atoms with E-state index in [-0.39, 0.29) is 6.09 Å². The minimum Gasteiger partial charge on any atom is -0.444 e. The summed E-state index contributed by atoms with van der Waals surface area (Å²) >= 11 is 0. The Morgan fingerprint density at radius 2 is 1.69 bits per heavy atom. The third kappa shape index (κ3) is 4.47. The lowest BCUT2D eigenvalue weighted by Crippen LogP contribution is -2.50. The van der Waals surface area contributed by atoms with E-state index in [4.69, 9.17) is 9.72 Å². The summed E-state index contributed by atoms with van der Waals surface area (Å²) in [4.78, 5) is 25.4. The highest BCUT2D eigenvalue weighted by molar-refractivity contribution is 5.86. The number of amides is 1. The molecule has 3 aromatic rings. The molecule has 1 aliphatic heterocycles. The highest BCUT2D eigenvalue weighted by Crippen LogP contribution is 2.24. The average molecular weight is 390 g/mol. The van der Waals surface area contributed by atoms with Gasteiger partial charge in [0.25, 0.3) is 0 Å². The Balaban J connectivity index is 1.47. The third-order valence-electron chi connectivity index (χ3n) is 4.90. The zero-order valence-electron chi connectivity index (χ0n) is 17.1. The van der Waals surface area contributed by atoms with E-state index in [0.29, 0.717) is 32.1 Å². The van der Waals surface area contributed by atoms with Crippen molar-refractivity contribution in [2.75, 3.05) is 31.1 Å². The highest BCUT2D eigenvalue weighted by Gasteiger charge is 2.26. The van der Waals surface area contributed by atoms with E-state index in [1.807, 2.05) is 39.0 Å². The van der Waals surface area contributed by atoms with Crippen LogP contribution < -0.4 is 4.90 Å². The quantitative estimate of drug-likeness (QED) is 0.651. The van der Waals surface area contributed by atoms with Crippen molar-refractivity contribution in [2.24, 2.45) is 0 Å². The molecular formula is C23H26N4O2. The molecule has 1 aromatic heterocycles. The van der Waals surface area contributed by atoms with Crippen LogP contribution in [0.5, 0.6) is 0 Å². The molecule has 1 fully saturated rings. The number of aromatic nitrogens is 2. The van der Waals surface area contributed by atoms with Crippen LogP contribution in [0.15, 0.2) is 54.7 Å². The number of benzene rings is 2. The van der Waals surface area contributed by atoms with Crippen molar-refractivity contribution < 1.29 is 9.53 Å². The predicted octanol–water partition coefficient (Wildman–Crippen LogP) is 4.35. The van der Waals surface area contributed by atoms with Crippen LogP contribution in [-0.4, -0.2) is 52.7 Å². The second-order valence-corrected chi connectivity index (χ2v) is 8.26. The van der Waals surface area contributed by atoms with Crippen molar-refractivity contribution in [3.63, 3.8) is 0 Å². The molecule has 1 saturated heterocycles. The number of hydrogen-bond donors (Lipinski definition) is 0. The number of nitrogens with zero attached hydrogens (tertiary/aromatic N) is 4. The van der Waals surface area contributed by atoms with Gasteiger partial charge < -0.3 is 14.5 Å². The summed E-state index contributed by atoms with van der Waals surface area (Å²) in [7, 11) is 0. The van der Waals surface area contributed by atoms with Crippen LogP contribution in [0.3, 0.4) is 0 Å². The number of anilines is 1. The first-order valence-electron chi connectivity index (χ1n) is 9.94. The number of hydrogen-bond acceptors (Lipinski definition) is 5. The molecule has 2 heterocycles. The molecule has 0 unspecified atom stereocenters. The summed E-state index contributed by atoms with van der Waals surface area (Å²) < 4.78 is 5.47. The molecule has 6 nitrogen and oxygen atoms in total. The Hall–Kier alpha value is -3.15. The highest BCUT2D eigenvalue weighted by atomic mass is 16.6. The van der Waals surface area contributed by atoms with Crippen LogP contribution in [0.1, 0.15) is 20.8 Å². The fourth-order valence-corrected chi connectivity index (χ4v) is 3.43. The normalized spacial score (nSPS) is 14.9. The van der Waals surface area contributed by atoms with Gasteiger partial charge in [-0.1, -0.05) is 36.4 Å². The minimum atomic E-state index is -0.481. The number of carbonyl (C=O) groups is 1. The molecule has 29 heavy (non-hydrogen) atoms. The van der Waals surface area contributed by atoms with Crippen LogP contribution in [0.4, 0.5) is 10.7 Å². The maximum Gasteiger partial charge on any atom is 0.410 e. The summed E-state index contributed by atoms with van der Waals surface area (Å²) in [6, 6.07) is 16.6. The van der Waals surface area contributed by atoms with Gasteiger partial charge in [0.05, 0.1) is 5.69 Å². The molecule has 0 bridgehead atoms. The maximum atomic E-state index is 12.3. The van der Waals surface area contributed by atoms with Crippen molar-refractivity contribution >= 4 is 22.8 Å². The second kappa shape index (κ2) is 7.70. The van der Waals surface area contributed by atoms with Crippen molar-refractivity contribution in [3.05, 3.63) is 54.7 Å². The smallest absolute Gasteiger partial charge is 0.410 e. The number of fused-ring (bicyclic) bond motifs is 1. The van der Waals surface area contributed by atoms with Gasteiger partial charge in [-0.15, -0.1) is 0 Å². The molecule has 0 N–H and O–H groups in total. The van der Waals surface area contributed by atoms with Gasteiger partial charge >= 0.3 is 6.09 Å². The number of rotatable bonds is 2. The standard InChI is InChI=1S/C23H26N4O2/c1-23(2,3)29-22(28)27-14-12-26(13-15-27)21-24-11-10-20(25-21)19-9-8-17-6-4-5-7-18(17)16-19/h4-11,16H,12-15H2,1-3H3. The Morgan fingerprint density at radius 1 is 0.966 bits per heavy atom. The number of carbonyl (C=O) groups excluding carboxylic acids is 1. The van der Waals surface area contributed by atoms with Gasteiger partial charge in [0, 0.05) is 37.9 Å². The lowest BCUT2D eigenvalue weighted by Gasteiger charge is -2.35.